The van der Waals surface area contributed by atoms with Gasteiger partial charge in [0.05, 0.1) is 39.0 Å². The topological polar surface area (TPSA) is 59.0 Å². The fourth-order valence-corrected chi connectivity index (χ4v) is 11.3. The quantitative estimate of drug-likeness (QED) is 0.311. The summed E-state index contributed by atoms with van der Waals surface area (Å²) in [5, 5.41) is 11.3. The van der Waals surface area contributed by atoms with Gasteiger partial charge in [-0.25, -0.2) is 0 Å². The molecule has 0 aromatic heterocycles. The molecule has 1 N–H and O–H groups in total. The molecule has 0 amide bonds. The van der Waals surface area contributed by atoms with Gasteiger partial charge in [-0.15, -0.1) is 0 Å². The molecule has 4 aliphatic carbocycles. The summed E-state index contributed by atoms with van der Waals surface area (Å²) < 4.78 is 13.1. The number of aliphatic hydroxyl groups is 1. The lowest BCUT2D eigenvalue weighted by molar-refractivity contribution is -0.937. The number of rotatable bonds is 5. The first-order valence-electron chi connectivity index (χ1n) is 15.9. The van der Waals surface area contributed by atoms with E-state index in [0.29, 0.717) is 29.7 Å². The molecule has 0 aromatic carbocycles. The van der Waals surface area contributed by atoms with Gasteiger partial charge < -0.3 is 31.5 Å². The molecule has 0 bridgehead atoms. The maximum atomic E-state index is 12.5. The highest BCUT2D eigenvalue weighted by molar-refractivity contribution is 5.66. The van der Waals surface area contributed by atoms with Crippen LogP contribution in [0.3, 0.4) is 0 Å². The first kappa shape index (κ1) is 29.8. The maximum Gasteiger partial charge on any atom is 0.303 e. The van der Waals surface area contributed by atoms with Gasteiger partial charge in [-0.1, -0.05) is 20.4 Å². The third kappa shape index (κ3) is 4.82. The van der Waals surface area contributed by atoms with Crippen LogP contribution in [0.15, 0.2) is 12.7 Å². The van der Waals surface area contributed by atoms with Gasteiger partial charge in [-0.05, 0) is 73.7 Å². The van der Waals surface area contributed by atoms with Crippen LogP contribution in [0.2, 0.25) is 0 Å². The minimum absolute atomic E-state index is 0. The van der Waals surface area contributed by atoms with Crippen molar-refractivity contribution in [1.29, 1.82) is 0 Å². The lowest BCUT2D eigenvalue weighted by atomic mass is 9.44. The Morgan fingerprint density at radius 3 is 2.49 bits per heavy atom. The predicted octanol–water partition coefficient (Wildman–Crippen LogP) is 1.41. The fourth-order valence-electron chi connectivity index (χ4n) is 11.3. The summed E-state index contributed by atoms with van der Waals surface area (Å²) in [5.41, 5.74) is 0.343. The van der Waals surface area contributed by atoms with Crippen LogP contribution in [-0.4, -0.2) is 90.7 Å². The van der Waals surface area contributed by atoms with Crippen molar-refractivity contribution in [3.63, 3.8) is 0 Å². The molecule has 222 valence electrons. The van der Waals surface area contributed by atoms with Crippen LogP contribution in [0.25, 0.3) is 0 Å². The first-order valence-corrected chi connectivity index (χ1v) is 15.9. The van der Waals surface area contributed by atoms with Crippen molar-refractivity contribution in [2.45, 2.75) is 103 Å². The van der Waals surface area contributed by atoms with Crippen LogP contribution in [0.4, 0.5) is 0 Å². The molecule has 7 heteroatoms. The summed E-state index contributed by atoms with van der Waals surface area (Å²) in [7, 11) is 0. The third-order valence-electron chi connectivity index (χ3n) is 13.1. The van der Waals surface area contributed by atoms with Crippen molar-refractivity contribution in [3.8, 4) is 0 Å². The van der Waals surface area contributed by atoms with Gasteiger partial charge in [0.2, 0.25) is 0 Å². The number of halogens is 1. The number of hydrogen-bond acceptors (Lipinski definition) is 5. The fraction of sp³-hybridized carbons (Fsp3) is 0.906. The van der Waals surface area contributed by atoms with E-state index in [9.17, 15) is 9.90 Å². The van der Waals surface area contributed by atoms with Gasteiger partial charge in [-0.3, -0.25) is 9.69 Å². The second-order valence-electron chi connectivity index (χ2n) is 14.6. The average molecular weight is 565 g/mol. The van der Waals surface area contributed by atoms with E-state index in [-0.39, 0.29) is 47.5 Å². The molecule has 2 aliphatic heterocycles. The van der Waals surface area contributed by atoms with Crippen molar-refractivity contribution < 1.29 is 36.3 Å². The standard InChI is InChI=1S/C32H53N2O4.ClH/c1-5-14-34(15-6-7-16-34)28-20-26-24-9-8-23-19-29(36)27(33-12-17-37-18-13-33)21-32(23,4)25(24)10-11-31(26,3)30(28)38-22(2)35;/h5,23-30,36H,1,6-21H2,2-4H3;1H/q+1;/p-1/t23-,24+,25-,26-,27-,28-,29-,30-,31-,32-;/m0./s1. The third-order valence-corrected chi connectivity index (χ3v) is 13.1. The minimum Gasteiger partial charge on any atom is -1.00 e. The van der Waals surface area contributed by atoms with Crippen LogP contribution in [-0.2, 0) is 14.3 Å². The number of esters is 1. The number of morpholine rings is 1. The SMILES string of the molecule is C=CC[N+]1([C@H]2C[C@H]3[C@@H]4CC[C@H]5C[C@H](O)[C@@H](N6CCOCC6)C[C@]5(C)[C@H]4CC[C@]3(C)[C@H]2OC(C)=O)CCCC1.[Cl-]. The molecule has 2 heterocycles. The van der Waals surface area contributed by atoms with Crippen LogP contribution in [0.1, 0.15) is 78.6 Å². The van der Waals surface area contributed by atoms with Gasteiger partial charge in [-0.2, -0.15) is 0 Å². The monoisotopic (exact) mass is 564 g/mol. The summed E-state index contributed by atoms with van der Waals surface area (Å²) in [6.07, 6.45) is 12.7. The van der Waals surface area contributed by atoms with E-state index < -0.39 is 0 Å². The van der Waals surface area contributed by atoms with E-state index in [1.165, 1.54) is 51.6 Å². The Morgan fingerprint density at radius 2 is 1.82 bits per heavy atom. The minimum atomic E-state index is -0.209. The van der Waals surface area contributed by atoms with Gasteiger partial charge in [0.15, 0.2) is 6.10 Å². The van der Waals surface area contributed by atoms with Crippen LogP contribution in [0.5, 0.6) is 0 Å². The largest absolute Gasteiger partial charge is 1.00 e. The highest BCUT2D eigenvalue weighted by Gasteiger charge is 2.67. The second kappa shape index (κ2) is 11.2. The Balaban J connectivity index is 0.00000308. The highest BCUT2D eigenvalue weighted by atomic mass is 35.5. The van der Waals surface area contributed by atoms with Gasteiger partial charge >= 0.3 is 5.97 Å². The van der Waals surface area contributed by atoms with E-state index in [1.54, 1.807) is 6.92 Å². The van der Waals surface area contributed by atoms with Crippen LogP contribution in [0, 0.1) is 34.5 Å². The smallest absolute Gasteiger partial charge is 0.303 e. The Morgan fingerprint density at radius 1 is 1.10 bits per heavy atom. The average Bonchev–Trinajstić information content (AvgIpc) is 3.48. The molecule has 6 nitrogen and oxygen atoms in total. The Kier molecular flexibility index (Phi) is 8.57. The summed E-state index contributed by atoms with van der Waals surface area (Å²) in [6, 6.07) is 0.663. The van der Waals surface area contributed by atoms with Gasteiger partial charge in [0.25, 0.3) is 0 Å². The molecular formula is C32H53ClN2O4. The number of aliphatic hydroxyl groups excluding tert-OH is 1. The zero-order chi connectivity index (χ0) is 26.7. The molecule has 0 aromatic rings. The molecule has 10 atom stereocenters. The number of nitrogens with zero attached hydrogens (tertiary/aromatic N) is 2. The molecular weight excluding hydrogens is 512 g/mol. The number of carbonyl (C=O) groups is 1. The lowest BCUT2D eigenvalue weighted by Gasteiger charge is -2.62. The Labute approximate surface area is 242 Å². The van der Waals surface area contributed by atoms with Crippen molar-refractivity contribution in [1.82, 2.24) is 4.90 Å². The summed E-state index contributed by atoms with van der Waals surface area (Å²) in [4.78, 5) is 15.0. The van der Waals surface area contributed by atoms with E-state index in [0.717, 1.165) is 56.6 Å². The van der Waals surface area contributed by atoms with Gasteiger partial charge in [0, 0.05) is 50.7 Å². The molecule has 6 aliphatic rings. The van der Waals surface area contributed by atoms with Crippen molar-refractivity contribution in [3.05, 3.63) is 12.7 Å². The van der Waals surface area contributed by atoms with Crippen LogP contribution < -0.4 is 12.4 Å². The molecule has 6 fully saturated rings. The first-order chi connectivity index (χ1) is 18.2. The number of quaternary nitrogens is 1. The van der Waals surface area contributed by atoms with Crippen molar-refractivity contribution in [2.75, 3.05) is 45.9 Å². The maximum absolute atomic E-state index is 12.5. The zero-order valence-corrected chi connectivity index (χ0v) is 25.4. The van der Waals surface area contributed by atoms with Gasteiger partial charge in [0.1, 0.15) is 6.04 Å². The van der Waals surface area contributed by atoms with Crippen LogP contribution >= 0.6 is 0 Å². The molecule has 0 unspecified atom stereocenters. The van der Waals surface area contributed by atoms with E-state index >= 15 is 0 Å². The number of ether oxygens (including phenoxy) is 2. The molecule has 39 heavy (non-hydrogen) atoms. The Bertz CT molecular complexity index is 905. The van der Waals surface area contributed by atoms with Crippen molar-refractivity contribution >= 4 is 5.97 Å². The summed E-state index contributed by atoms with van der Waals surface area (Å²) >= 11 is 0. The van der Waals surface area contributed by atoms with E-state index in [1.807, 2.05) is 0 Å². The van der Waals surface area contributed by atoms with Crippen molar-refractivity contribution in [2.24, 2.45) is 34.5 Å². The lowest BCUT2D eigenvalue weighted by Crippen LogP contribution is -3.00. The molecule has 6 rings (SSSR count). The zero-order valence-electron chi connectivity index (χ0n) is 24.7. The number of likely N-dealkylation sites (tertiary alicyclic amines) is 1. The second-order valence-corrected chi connectivity index (χ2v) is 14.6. The summed E-state index contributed by atoms with van der Waals surface area (Å²) in [6.45, 7) is 17.7. The predicted molar refractivity (Wildman–Crippen MR) is 148 cm³/mol. The number of fused-ring (bicyclic) bond motifs is 5. The summed E-state index contributed by atoms with van der Waals surface area (Å²) in [5.74, 6) is 2.54. The number of carbonyl (C=O) groups excluding carboxylic acids is 1. The molecule has 0 spiro atoms. The molecule has 4 saturated carbocycles. The highest BCUT2D eigenvalue weighted by Crippen LogP contribution is 2.67. The number of hydrogen-bond donors (Lipinski definition) is 1. The Hall–Kier alpha value is -0.660. The normalized spacial score (nSPS) is 47.3. The van der Waals surface area contributed by atoms with E-state index in [4.69, 9.17) is 9.47 Å². The van der Waals surface area contributed by atoms with E-state index in [2.05, 4.69) is 31.4 Å². The molecule has 2 saturated heterocycles. The molecule has 0 radical (unpaired) electrons.